The Kier molecular flexibility index (Phi) is 2.49. The van der Waals surface area contributed by atoms with Gasteiger partial charge in [-0.2, -0.15) is 0 Å². The van der Waals surface area contributed by atoms with Gasteiger partial charge in [-0.1, -0.05) is 12.1 Å². The summed E-state index contributed by atoms with van der Waals surface area (Å²) in [6.07, 6.45) is 2.92. The summed E-state index contributed by atoms with van der Waals surface area (Å²) in [5.74, 6) is 0.247. The normalized spacial score (nSPS) is 11.0. The maximum Gasteiger partial charge on any atom is 0.243 e. The van der Waals surface area contributed by atoms with E-state index >= 15 is 0 Å². The lowest BCUT2D eigenvalue weighted by Crippen LogP contribution is -2.13. The lowest BCUT2D eigenvalue weighted by Gasteiger charge is -1.86. The molecule has 0 unspecified atom stereocenters. The van der Waals surface area contributed by atoms with Crippen LogP contribution in [-0.2, 0) is 4.79 Å². The average Bonchev–Trinajstić information content (AvgIpc) is 2.68. The number of para-hydroxylation sites is 2. The first-order valence-electron chi connectivity index (χ1n) is 4.55. The molecule has 0 atom stereocenters. The molecule has 1 N–H and O–H groups in total. The molecule has 0 fully saturated rings. The second kappa shape index (κ2) is 3.96. The summed E-state index contributed by atoms with van der Waals surface area (Å²) in [5.41, 5.74) is 1.50. The van der Waals surface area contributed by atoms with Crippen LogP contribution in [0, 0.1) is 0 Å². The van der Waals surface area contributed by atoms with Crippen molar-refractivity contribution in [1.29, 1.82) is 0 Å². The number of fused-ring (bicyclic) bond motifs is 1. The second-order valence-corrected chi connectivity index (χ2v) is 2.97. The highest BCUT2D eigenvalue weighted by atomic mass is 16.3. The summed E-state index contributed by atoms with van der Waals surface area (Å²) < 4.78 is 5.39. The quantitative estimate of drug-likeness (QED) is 0.752. The van der Waals surface area contributed by atoms with E-state index in [0.717, 1.165) is 5.52 Å². The Labute approximate surface area is 86.6 Å². The molecule has 1 heterocycles. The molecular formula is C11H10N2O2. The molecule has 0 aliphatic heterocycles. The molecule has 2 rings (SSSR count). The van der Waals surface area contributed by atoms with E-state index in [0.29, 0.717) is 11.5 Å². The Bertz CT molecular complexity index is 481. The average molecular weight is 202 g/mol. The Morgan fingerprint density at radius 2 is 2.27 bits per heavy atom. The zero-order chi connectivity index (χ0) is 10.7. The Morgan fingerprint density at radius 1 is 1.47 bits per heavy atom. The van der Waals surface area contributed by atoms with Gasteiger partial charge in [0.2, 0.25) is 11.8 Å². The topological polar surface area (TPSA) is 55.1 Å². The third-order valence-electron chi connectivity index (χ3n) is 1.93. The van der Waals surface area contributed by atoms with Crippen molar-refractivity contribution < 1.29 is 9.21 Å². The van der Waals surface area contributed by atoms with Crippen LogP contribution < -0.4 is 5.32 Å². The smallest absolute Gasteiger partial charge is 0.243 e. The van der Waals surface area contributed by atoms with Crippen LogP contribution >= 0.6 is 0 Å². The minimum absolute atomic E-state index is 0.183. The van der Waals surface area contributed by atoms with Crippen LogP contribution in [0.3, 0.4) is 0 Å². The molecule has 0 saturated heterocycles. The number of nitrogens with zero attached hydrogens (tertiary/aromatic N) is 1. The van der Waals surface area contributed by atoms with Crippen molar-refractivity contribution in [2.24, 2.45) is 0 Å². The van der Waals surface area contributed by atoms with Crippen LogP contribution in [0.25, 0.3) is 17.2 Å². The minimum atomic E-state index is -0.183. The monoisotopic (exact) mass is 202 g/mol. The lowest BCUT2D eigenvalue weighted by atomic mass is 10.3. The van der Waals surface area contributed by atoms with E-state index in [1.165, 1.54) is 6.08 Å². The predicted octanol–water partition coefficient (Wildman–Crippen LogP) is 1.59. The standard InChI is InChI=1S/C11H10N2O2/c1-12-10(14)6-7-11-13-8-4-2-3-5-9(8)15-11/h2-7H,1H3,(H,12,14)/b7-6+. The molecule has 0 aliphatic carbocycles. The molecule has 4 nitrogen and oxygen atoms in total. The summed E-state index contributed by atoms with van der Waals surface area (Å²) in [7, 11) is 1.57. The predicted molar refractivity (Wildman–Crippen MR) is 57.1 cm³/mol. The molecule has 0 spiro atoms. The van der Waals surface area contributed by atoms with E-state index in [9.17, 15) is 4.79 Å². The fourth-order valence-electron chi connectivity index (χ4n) is 1.19. The van der Waals surface area contributed by atoms with Gasteiger partial charge in [-0.25, -0.2) is 4.98 Å². The Hall–Kier alpha value is -2.10. The fourth-order valence-corrected chi connectivity index (χ4v) is 1.19. The van der Waals surface area contributed by atoms with E-state index in [4.69, 9.17) is 4.42 Å². The molecule has 0 aliphatic rings. The number of likely N-dealkylation sites (N-methyl/N-ethyl adjacent to an activating group) is 1. The molecule has 2 aromatic rings. The molecule has 0 saturated carbocycles. The number of hydrogen-bond acceptors (Lipinski definition) is 3. The maximum atomic E-state index is 10.9. The van der Waals surface area contributed by atoms with Gasteiger partial charge < -0.3 is 9.73 Å². The fraction of sp³-hybridized carbons (Fsp3) is 0.0909. The summed E-state index contributed by atoms with van der Waals surface area (Å²) in [6, 6.07) is 7.45. The van der Waals surface area contributed by atoms with Crippen molar-refractivity contribution >= 4 is 23.1 Å². The highest BCUT2D eigenvalue weighted by molar-refractivity contribution is 5.91. The minimum Gasteiger partial charge on any atom is -0.437 e. The summed E-state index contributed by atoms with van der Waals surface area (Å²) >= 11 is 0. The van der Waals surface area contributed by atoms with Gasteiger partial charge in [0.1, 0.15) is 5.52 Å². The van der Waals surface area contributed by atoms with Gasteiger partial charge >= 0.3 is 0 Å². The molecule has 15 heavy (non-hydrogen) atoms. The van der Waals surface area contributed by atoms with E-state index in [2.05, 4.69) is 10.3 Å². The number of hydrogen-bond donors (Lipinski definition) is 1. The summed E-state index contributed by atoms with van der Waals surface area (Å²) in [5, 5.41) is 2.47. The Balaban J connectivity index is 2.29. The molecular weight excluding hydrogens is 192 g/mol. The Morgan fingerprint density at radius 3 is 3.00 bits per heavy atom. The van der Waals surface area contributed by atoms with E-state index in [1.54, 1.807) is 13.1 Å². The first-order chi connectivity index (χ1) is 7.29. The van der Waals surface area contributed by atoms with Crippen molar-refractivity contribution in [1.82, 2.24) is 10.3 Å². The van der Waals surface area contributed by atoms with Gasteiger partial charge in [-0.15, -0.1) is 0 Å². The van der Waals surface area contributed by atoms with Crippen molar-refractivity contribution in [2.75, 3.05) is 7.05 Å². The van der Waals surface area contributed by atoms with Crippen LogP contribution in [0.5, 0.6) is 0 Å². The largest absolute Gasteiger partial charge is 0.437 e. The van der Waals surface area contributed by atoms with Crippen LogP contribution in [0.1, 0.15) is 5.89 Å². The second-order valence-electron chi connectivity index (χ2n) is 2.97. The third-order valence-corrected chi connectivity index (χ3v) is 1.93. The number of carbonyl (C=O) groups excluding carboxylic acids is 1. The van der Waals surface area contributed by atoms with Gasteiger partial charge in [-0.05, 0) is 12.1 Å². The molecule has 1 aromatic carbocycles. The van der Waals surface area contributed by atoms with Gasteiger partial charge in [0.05, 0.1) is 0 Å². The van der Waals surface area contributed by atoms with Crippen LogP contribution in [-0.4, -0.2) is 17.9 Å². The summed E-state index contributed by atoms with van der Waals surface area (Å²) in [4.78, 5) is 15.1. The molecule has 0 radical (unpaired) electrons. The summed E-state index contributed by atoms with van der Waals surface area (Å²) in [6.45, 7) is 0. The van der Waals surface area contributed by atoms with E-state index < -0.39 is 0 Å². The molecule has 4 heteroatoms. The number of nitrogens with one attached hydrogen (secondary N) is 1. The number of carbonyl (C=O) groups is 1. The lowest BCUT2D eigenvalue weighted by molar-refractivity contribution is -0.115. The first kappa shape index (κ1) is 9.45. The van der Waals surface area contributed by atoms with E-state index in [-0.39, 0.29) is 5.91 Å². The molecule has 1 aromatic heterocycles. The van der Waals surface area contributed by atoms with Crippen LogP contribution in [0.15, 0.2) is 34.8 Å². The number of amides is 1. The van der Waals surface area contributed by atoms with E-state index in [1.807, 2.05) is 24.3 Å². The SMILES string of the molecule is CNC(=O)/C=C/c1nc2ccccc2o1. The maximum absolute atomic E-state index is 10.9. The van der Waals surface area contributed by atoms with Gasteiger partial charge in [0.25, 0.3) is 0 Å². The van der Waals surface area contributed by atoms with Crippen molar-refractivity contribution in [3.63, 3.8) is 0 Å². The highest BCUT2D eigenvalue weighted by Crippen LogP contribution is 2.15. The molecule has 0 bridgehead atoms. The third kappa shape index (κ3) is 2.04. The van der Waals surface area contributed by atoms with Gasteiger partial charge in [-0.3, -0.25) is 4.79 Å². The molecule has 76 valence electrons. The van der Waals surface area contributed by atoms with Gasteiger partial charge in [0.15, 0.2) is 5.58 Å². The number of oxazole rings is 1. The first-order valence-corrected chi connectivity index (χ1v) is 4.55. The molecule has 1 amide bonds. The van der Waals surface area contributed by atoms with Gasteiger partial charge in [0, 0.05) is 19.2 Å². The zero-order valence-electron chi connectivity index (χ0n) is 8.23. The van der Waals surface area contributed by atoms with Crippen LogP contribution in [0.2, 0.25) is 0 Å². The zero-order valence-corrected chi connectivity index (χ0v) is 8.23. The van der Waals surface area contributed by atoms with Crippen molar-refractivity contribution in [2.45, 2.75) is 0 Å². The highest BCUT2D eigenvalue weighted by Gasteiger charge is 2.01. The van der Waals surface area contributed by atoms with Crippen molar-refractivity contribution in [3.8, 4) is 0 Å². The number of aromatic nitrogens is 1. The van der Waals surface area contributed by atoms with Crippen molar-refractivity contribution in [3.05, 3.63) is 36.2 Å². The number of benzene rings is 1. The van der Waals surface area contributed by atoms with Crippen LogP contribution in [0.4, 0.5) is 0 Å². The number of rotatable bonds is 2.